The molecule has 0 radical (unpaired) electrons. The van der Waals surface area contributed by atoms with Gasteiger partial charge in [-0.15, -0.1) is 0 Å². The molecule has 1 fully saturated rings. The van der Waals surface area contributed by atoms with Crippen LogP contribution < -0.4 is 15.8 Å². The molecule has 3 rings (SSSR count). The monoisotopic (exact) mass is 343 g/mol. The summed E-state index contributed by atoms with van der Waals surface area (Å²) >= 11 is 0. The van der Waals surface area contributed by atoms with Crippen LogP contribution >= 0.6 is 0 Å². The Balaban J connectivity index is 1.85. The quantitative estimate of drug-likeness (QED) is 0.807. The lowest BCUT2D eigenvalue weighted by Crippen LogP contribution is -2.46. The highest BCUT2D eigenvalue weighted by atomic mass is 16.5. The smallest absolute Gasteiger partial charge is 0.225 e. The molecule has 0 saturated carbocycles. The van der Waals surface area contributed by atoms with Gasteiger partial charge in [-0.05, 0) is 31.4 Å². The summed E-state index contributed by atoms with van der Waals surface area (Å²) in [5, 5.41) is 4.39. The number of nitrogens with zero attached hydrogens (tertiary/aromatic N) is 1. The van der Waals surface area contributed by atoms with E-state index in [-0.39, 0.29) is 5.91 Å². The number of carbonyl (C=O) groups excluding carboxylic acids is 1. The van der Waals surface area contributed by atoms with Gasteiger partial charge in [0, 0.05) is 37.0 Å². The van der Waals surface area contributed by atoms with Gasteiger partial charge in [-0.25, -0.2) is 0 Å². The Morgan fingerprint density at radius 2 is 2.16 bits per heavy atom. The molecule has 1 amide bonds. The van der Waals surface area contributed by atoms with Crippen LogP contribution in [0.2, 0.25) is 0 Å². The average Bonchev–Trinajstić information content (AvgIpc) is 2.65. The normalized spacial score (nSPS) is 16.5. The summed E-state index contributed by atoms with van der Waals surface area (Å²) in [7, 11) is 0. The van der Waals surface area contributed by atoms with E-state index in [0.717, 1.165) is 28.8 Å². The van der Waals surface area contributed by atoms with Crippen molar-refractivity contribution in [2.24, 2.45) is 11.1 Å². The summed E-state index contributed by atoms with van der Waals surface area (Å²) in [5.41, 5.74) is 6.88. The highest BCUT2D eigenvalue weighted by Crippen LogP contribution is 2.33. The molecular formula is C19H25N3O3. The largest absolute Gasteiger partial charge is 0.491 e. The predicted octanol–water partition coefficient (Wildman–Crippen LogP) is 2.72. The number of ether oxygens (including phenoxy) is 2. The molecule has 0 unspecified atom stereocenters. The van der Waals surface area contributed by atoms with Crippen LogP contribution in [-0.2, 0) is 9.53 Å². The molecule has 3 N–H and O–H groups in total. The molecule has 6 heteroatoms. The third kappa shape index (κ3) is 3.69. The summed E-state index contributed by atoms with van der Waals surface area (Å²) in [5.74, 6) is 0.507. The Kier molecular flexibility index (Phi) is 5.38. The maximum absolute atomic E-state index is 12.0. The number of nitrogens with one attached hydrogen (secondary N) is 1. The number of rotatable bonds is 7. The summed E-state index contributed by atoms with van der Waals surface area (Å²) in [6.45, 7) is 4.35. The number of hydrogen-bond donors (Lipinski definition) is 2. The van der Waals surface area contributed by atoms with Crippen molar-refractivity contribution < 1.29 is 14.3 Å². The van der Waals surface area contributed by atoms with Crippen LogP contribution in [0.1, 0.15) is 26.2 Å². The van der Waals surface area contributed by atoms with E-state index in [0.29, 0.717) is 39.2 Å². The molecule has 134 valence electrons. The van der Waals surface area contributed by atoms with Crippen LogP contribution in [0, 0.1) is 5.41 Å². The van der Waals surface area contributed by atoms with E-state index < -0.39 is 5.41 Å². The lowest BCUT2D eigenvalue weighted by molar-refractivity contribution is -0.132. The highest BCUT2D eigenvalue weighted by Gasteiger charge is 2.38. The Labute approximate surface area is 147 Å². The van der Waals surface area contributed by atoms with Crippen molar-refractivity contribution in [3.63, 3.8) is 0 Å². The second-order valence-corrected chi connectivity index (χ2v) is 6.47. The first kappa shape index (κ1) is 17.5. The first-order valence-corrected chi connectivity index (χ1v) is 8.78. The predicted molar refractivity (Wildman–Crippen MR) is 97.7 cm³/mol. The van der Waals surface area contributed by atoms with E-state index in [1.165, 1.54) is 0 Å². The number of benzene rings is 1. The SMILES string of the molecule is CCCOc1cccc2c(NCC3(C(N)=O)CCOCC3)ccnc12. The van der Waals surface area contributed by atoms with Gasteiger partial charge in [0.05, 0.1) is 12.0 Å². The van der Waals surface area contributed by atoms with Crippen molar-refractivity contribution in [2.45, 2.75) is 26.2 Å². The second kappa shape index (κ2) is 7.70. The minimum atomic E-state index is -0.565. The Morgan fingerprint density at radius 3 is 2.88 bits per heavy atom. The average molecular weight is 343 g/mol. The van der Waals surface area contributed by atoms with Crippen molar-refractivity contribution in [3.8, 4) is 5.75 Å². The summed E-state index contributed by atoms with van der Waals surface area (Å²) < 4.78 is 11.2. The van der Waals surface area contributed by atoms with E-state index in [1.807, 2.05) is 24.3 Å². The fourth-order valence-electron chi connectivity index (χ4n) is 3.17. The van der Waals surface area contributed by atoms with E-state index >= 15 is 0 Å². The fourth-order valence-corrected chi connectivity index (χ4v) is 3.17. The molecule has 1 aliphatic rings. The molecular weight excluding hydrogens is 318 g/mol. The second-order valence-electron chi connectivity index (χ2n) is 6.47. The maximum Gasteiger partial charge on any atom is 0.225 e. The van der Waals surface area contributed by atoms with Gasteiger partial charge < -0.3 is 20.5 Å². The first-order chi connectivity index (χ1) is 12.2. The number of carbonyl (C=O) groups is 1. The van der Waals surface area contributed by atoms with Gasteiger partial charge in [-0.1, -0.05) is 19.1 Å². The van der Waals surface area contributed by atoms with Gasteiger partial charge in [0.2, 0.25) is 5.91 Å². The minimum Gasteiger partial charge on any atom is -0.491 e. The molecule has 25 heavy (non-hydrogen) atoms. The minimum absolute atomic E-state index is 0.270. The highest BCUT2D eigenvalue weighted by molar-refractivity contribution is 5.95. The zero-order chi connectivity index (χ0) is 17.7. The van der Waals surface area contributed by atoms with Crippen molar-refractivity contribution in [1.29, 1.82) is 0 Å². The third-order valence-electron chi connectivity index (χ3n) is 4.79. The number of primary amides is 1. The molecule has 2 heterocycles. The molecule has 1 aromatic heterocycles. The number of fused-ring (bicyclic) bond motifs is 1. The van der Waals surface area contributed by atoms with Gasteiger partial charge >= 0.3 is 0 Å². The number of hydrogen-bond acceptors (Lipinski definition) is 5. The van der Waals surface area contributed by atoms with Crippen molar-refractivity contribution in [2.75, 3.05) is 31.7 Å². The number of pyridine rings is 1. The van der Waals surface area contributed by atoms with E-state index in [2.05, 4.69) is 17.2 Å². The van der Waals surface area contributed by atoms with Gasteiger partial charge in [-0.2, -0.15) is 0 Å². The zero-order valence-corrected chi connectivity index (χ0v) is 14.6. The third-order valence-corrected chi connectivity index (χ3v) is 4.79. The van der Waals surface area contributed by atoms with Crippen molar-refractivity contribution >= 4 is 22.5 Å². The topological polar surface area (TPSA) is 86.5 Å². The summed E-state index contributed by atoms with van der Waals surface area (Å²) in [4.78, 5) is 16.5. The van der Waals surface area contributed by atoms with Crippen LogP contribution in [0.15, 0.2) is 30.5 Å². The van der Waals surface area contributed by atoms with Crippen LogP contribution in [-0.4, -0.2) is 37.3 Å². The lowest BCUT2D eigenvalue weighted by atomic mass is 9.79. The van der Waals surface area contributed by atoms with Crippen LogP contribution in [0.4, 0.5) is 5.69 Å². The molecule has 1 aromatic carbocycles. The Bertz CT molecular complexity index is 742. The van der Waals surface area contributed by atoms with Crippen molar-refractivity contribution in [1.82, 2.24) is 4.98 Å². The lowest BCUT2D eigenvalue weighted by Gasteiger charge is -2.34. The van der Waals surface area contributed by atoms with Crippen molar-refractivity contribution in [3.05, 3.63) is 30.5 Å². The van der Waals surface area contributed by atoms with E-state index in [4.69, 9.17) is 15.2 Å². The van der Waals surface area contributed by atoms with Crippen LogP contribution in [0.3, 0.4) is 0 Å². The van der Waals surface area contributed by atoms with E-state index in [1.54, 1.807) is 6.20 Å². The molecule has 1 aliphatic heterocycles. The molecule has 0 atom stereocenters. The van der Waals surface area contributed by atoms with E-state index in [9.17, 15) is 4.79 Å². The zero-order valence-electron chi connectivity index (χ0n) is 14.6. The van der Waals surface area contributed by atoms with Gasteiger partial charge in [0.15, 0.2) is 0 Å². The Hall–Kier alpha value is -2.34. The Morgan fingerprint density at radius 1 is 1.36 bits per heavy atom. The summed E-state index contributed by atoms with van der Waals surface area (Å²) in [6.07, 6.45) is 3.98. The number of amides is 1. The number of nitrogens with two attached hydrogens (primary N) is 1. The molecule has 6 nitrogen and oxygen atoms in total. The van der Waals surface area contributed by atoms with Gasteiger partial charge in [-0.3, -0.25) is 9.78 Å². The number of aromatic nitrogens is 1. The first-order valence-electron chi connectivity index (χ1n) is 8.78. The number of para-hydroxylation sites is 1. The summed E-state index contributed by atoms with van der Waals surface area (Å²) in [6, 6.07) is 7.81. The standard InChI is InChI=1S/C19H25N3O3/c1-2-10-25-16-5-3-4-14-15(6-9-21-17(14)16)22-13-19(18(20)23)7-11-24-12-8-19/h3-6,9H,2,7-8,10-13H2,1H3,(H2,20,23)(H,21,22). The number of anilines is 1. The van der Waals surface area contributed by atoms with Crippen LogP contribution in [0.5, 0.6) is 5.75 Å². The van der Waals surface area contributed by atoms with Gasteiger partial charge in [0.25, 0.3) is 0 Å². The molecule has 2 aromatic rings. The van der Waals surface area contributed by atoms with Crippen LogP contribution in [0.25, 0.3) is 10.9 Å². The molecule has 0 aliphatic carbocycles. The maximum atomic E-state index is 12.0. The molecule has 0 spiro atoms. The fraction of sp³-hybridized carbons (Fsp3) is 0.474. The van der Waals surface area contributed by atoms with Gasteiger partial charge in [0.1, 0.15) is 11.3 Å². The molecule has 0 bridgehead atoms. The molecule has 1 saturated heterocycles.